The summed E-state index contributed by atoms with van der Waals surface area (Å²) >= 11 is 0. The van der Waals surface area contributed by atoms with E-state index in [0.29, 0.717) is 11.6 Å². The molecule has 0 fully saturated rings. The Labute approximate surface area is 117 Å². The van der Waals surface area contributed by atoms with E-state index in [1.165, 1.54) is 0 Å². The van der Waals surface area contributed by atoms with Crippen LogP contribution in [0.2, 0.25) is 0 Å². The molecule has 3 aromatic rings. The first-order valence-corrected chi connectivity index (χ1v) is 6.92. The van der Waals surface area contributed by atoms with Crippen LogP contribution < -0.4 is 5.32 Å². The van der Waals surface area contributed by atoms with E-state index in [-0.39, 0.29) is 0 Å². The van der Waals surface area contributed by atoms with Gasteiger partial charge in [0, 0.05) is 20.5 Å². The highest BCUT2D eigenvalue weighted by Gasteiger charge is 2.18. The summed E-state index contributed by atoms with van der Waals surface area (Å²) in [7, 11) is 3.79. The monoisotopic (exact) mass is 273 g/mol. The molecule has 3 aromatic heterocycles. The predicted molar refractivity (Wildman–Crippen MR) is 78.8 cm³/mol. The van der Waals surface area contributed by atoms with E-state index in [2.05, 4.69) is 34.1 Å². The van der Waals surface area contributed by atoms with Crippen LogP contribution in [-0.2, 0) is 13.5 Å². The third-order valence-electron chi connectivity index (χ3n) is 3.71. The highest BCUT2D eigenvalue weighted by atomic mass is 16.4. The molecule has 6 heteroatoms. The van der Waals surface area contributed by atoms with Crippen molar-refractivity contribution in [1.29, 1.82) is 0 Å². The molecule has 1 unspecified atom stereocenters. The van der Waals surface area contributed by atoms with E-state index >= 15 is 0 Å². The van der Waals surface area contributed by atoms with Gasteiger partial charge in [-0.25, -0.2) is 9.97 Å². The zero-order valence-electron chi connectivity index (χ0n) is 12.3. The standard InChI is InChI=1S/C14H19N5O/c1-5-8(2)6-9-17-11-12-10(16-7-19(12)4)13(15-3)18-14(11)20-9/h7-8H,5-6H2,1-4H3,(H,15,18). The van der Waals surface area contributed by atoms with Crippen molar-refractivity contribution in [3.05, 3.63) is 12.2 Å². The summed E-state index contributed by atoms with van der Waals surface area (Å²) < 4.78 is 7.77. The van der Waals surface area contributed by atoms with Gasteiger partial charge in [-0.15, -0.1) is 0 Å². The molecule has 1 atom stereocenters. The smallest absolute Gasteiger partial charge is 0.251 e. The van der Waals surface area contributed by atoms with Crippen LogP contribution in [0.15, 0.2) is 10.7 Å². The van der Waals surface area contributed by atoms with Crippen molar-refractivity contribution in [1.82, 2.24) is 19.5 Å². The maximum Gasteiger partial charge on any atom is 0.251 e. The molecule has 0 aliphatic carbocycles. The van der Waals surface area contributed by atoms with Crippen molar-refractivity contribution in [2.24, 2.45) is 13.0 Å². The second-order valence-corrected chi connectivity index (χ2v) is 5.24. The maximum absolute atomic E-state index is 5.81. The van der Waals surface area contributed by atoms with Crippen LogP contribution in [-0.4, -0.2) is 26.6 Å². The molecule has 3 heterocycles. The fourth-order valence-corrected chi connectivity index (χ4v) is 2.33. The molecule has 0 aliphatic heterocycles. The molecule has 0 spiro atoms. The van der Waals surface area contributed by atoms with Gasteiger partial charge in [0.1, 0.15) is 11.0 Å². The predicted octanol–water partition coefficient (Wildman–Crippen LogP) is 2.74. The van der Waals surface area contributed by atoms with Gasteiger partial charge >= 0.3 is 0 Å². The van der Waals surface area contributed by atoms with Gasteiger partial charge in [-0.2, -0.15) is 4.98 Å². The lowest BCUT2D eigenvalue weighted by molar-refractivity contribution is 0.452. The van der Waals surface area contributed by atoms with Crippen LogP contribution >= 0.6 is 0 Å². The highest BCUT2D eigenvalue weighted by Crippen LogP contribution is 2.28. The first-order valence-electron chi connectivity index (χ1n) is 6.92. The highest BCUT2D eigenvalue weighted by molar-refractivity contribution is 6.03. The van der Waals surface area contributed by atoms with Gasteiger partial charge in [-0.1, -0.05) is 20.3 Å². The number of imidazole rings is 1. The van der Waals surface area contributed by atoms with Gasteiger partial charge in [0.2, 0.25) is 0 Å². The fraction of sp³-hybridized carbons (Fsp3) is 0.500. The Hall–Kier alpha value is -2.11. The van der Waals surface area contributed by atoms with Gasteiger partial charge in [0.15, 0.2) is 17.2 Å². The Morgan fingerprint density at radius 3 is 2.85 bits per heavy atom. The summed E-state index contributed by atoms with van der Waals surface area (Å²) in [6.45, 7) is 4.37. The minimum absolute atomic E-state index is 0.550. The SMILES string of the molecule is CCC(C)Cc1nc2c(nc(NC)c3ncn(C)c32)o1. The van der Waals surface area contributed by atoms with Crippen molar-refractivity contribution in [2.75, 3.05) is 12.4 Å². The molecule has 0 amide bonds. The van der Waals surface area contributed by atoms with Crippen LogP contribution in [0.3, 0.4) is 0 Å². The van der Waals surface area contributed by atoms with Crippen LogP contribution in [0.1, 0.15) is 26.2 Å². The van der Waals surface area contributed by atoms with Crippen LogP contribution in [0, 0.1) is 5.92 Å². The minimum Gasteiger partial charge on any atom is -0.422 e. The number of hydrogen-bond donors (Lipinski definition) is 1. The molecule has 6 nitrogen and oxygen atoms in total. The summed E-state index contributed by atoms with van der Waals surface area (Å²) in [5.41, 5.74) is 3.14. The maximum atomic E-state index is 5.81. The van der Waals surface area contributed by atoms with Gasteiger partial charge in [-0.05, 0) is 5.92 Å². The lowest BCUT2D eigenvalue weighted by Crippen LogP contribution is -1.97. The molecule has 0 aromatic carbocycles. The van der Waals surface area contributed by atoms with Gasteiger partial charge in [0.05, 0.1) is 6.33 Å². The number of hydrogen-bond acceptors (Lipinski definition) is 5. The molecule has 0 saturated carbocycles. The Kier molecular flexibility index (Phi) is 3.08. The molecule has 0 bridgehead atoms. The molecular formula is C14H19N5O. The number of pyridine rings is 1. The number of oxazole rings is 1. The van der Waals surface area contributed by atoms with Crippen molar-refractivity contribution in [3.63, 3.8) is 0 Å². The summed E-state index contributed by atoms with van der Waals surface area (Å²) in [6, 6.07) is 0. The summed E-state index contributed by atoms with van der Waals surface area (Å²) in [5, 5.41) is 3.06. The van der Waals surface area contributed by atoms with Crippen molar-refractivity contribution >= 4 is 28.1 Å². The van der Waals surface area contributed by atoms with E-state index in [4.69, 9.17) is 4.42 Å². The fourth-order valence-electron chi connectivity index (χ4n) is 2.33. The second kappa shape index (κ2) is 4.77. The first kappa shape index (κ1) is 12.9. The number of aromatic nitrogens is 4. The number of fused-ring (bicyclic) bond motifs is 3. The number of aryl methyl sites for hydroxylation is 1. The lowest BCUT2D eigenvalue weighted by Gasteiger charge is -2.02. The van der Waals surface area contributed by atoms with Crippen LogP contribution in [0.25, 0.3) is 22.3 Å². The summed E-state index contributed by atoms with van der Waals surface area (Å²) in [6.07, 6.45) is 3.71. The molecule has 20 heavy (non-hydrogen) atoms. The molecule has 0 saturated heterocycles. The average Bonchev–Trinajstić information content (AvgIpc) is 3.00. The summed E-state index contributed by atoms with van der Waals surface area (Å²) in [5.74, 6) is 2.02. The van der Waals surface area contributed by atoms with E-state index < -0.39 is 0 Å². The van der Waals surface area contributed by atoms with E-state index in [0.717, 1.165) is 41.1 Å². The number of nitrogens with zero attached hydrogens (tertiary/aromatic N) is 4. The zero-order valence-corrected chi connectivity index (χ0v) is 12.3. The van der Waals surface area contributed by atoms with E-state index in [1.807, 2.05) is 18.7 Å². The Balaban J connectivity index is 2.22. The molecule has 0 aliphatic rings. The zero-order chi connectivity index (χ0) is 14.3. The normalized spacial score (nSPS) is 13.2. The minimum atomic E-state index is 0.550. The molecule has 106 valence electrons. The lowest BCUT2D eigenvalue weighted by atomic mass is 10.1. The molecular weight excluding hydrogens is 254 g/mol. The van der Waals surface area contributed by atoms with Crippen LogP contribution in [0.4, 0.5) is 5.82 Å². The van der Waals surface area contributed by atoms with Crippen molar-refractivity contribution in [2.45, 2.75) is 26.7 Å². The van der Waals surface area contributed by atoms with E-state index in [1.54, 1.807) is 6.33 Å². The third kappa shape index (κ3) is 1.92. The largest absolute Gasteiger partial charge is 0.422 e. The third-order valence-corrected chi connectivity index (χ3v) is 3.71. The molecule has 3 rings (SSSR count). The summed E-state index contributed by atoms with van der Waals surface area (Å²) in [4.78, 5) is 13.5. The van der Waals surface area contributed by atoms with Crippen molar-refractivity contribution < 1.29 is 4.42 Å². The quantitative estimate of drug-likeness (QED) is 0.791. The molecule has 0 radical (unpaired) electrons. The molecule has 1 N–H and O–H groups in total. The first-order chi connectivity index (χ1) is 9.63. The van der Waals surface area contributed by atoms with Gasteiger partial charge in [-0.3, -0.25) is 0 Å². The number of rotatable bonds is 4. The second-order valence-electron chi connectivity index (χ2n) is 5.24. The van der Waals surface area contributed by atoms with Crippen LogP contribution in [0.5, 0.6) is 0 Å². The number of anilines is 1. The Bertz CT molecular complexity index is 758. The Morgan fingerprint density at radius 2 is 2.15 bits per heavy atom. The average molecular weight is 273 g/mol. The number of nitrogens with one attached hydrogen (secondary N) is 1. The van der Waals surface area contributed by atoms with E-state index in [9.17, 15) is 0 Å². The Morgan fingerprint density at radius 1 is 1.35 bits per heavy atom. The van der Waals surface area contributed by atoms with Gasteiger partial charge in [0.25, 0.3) is 5.71 Å². The topological polar surface area (TPSA) is 68.8 Å². The van der Waals surface area contributed by atoms with Gasteiger partial charge < -0.3 is 14.3 Å². The van der Waals surface area contributed by atoms with Crippen molar-refractivity contribution in [3.8, 4) is 0 Å².